The van der Waals surface area contributed by atoms with Crippen LogP contribution in [0.5, 0.6) is 0 Å². The zero-order valence-electron chi connectivity index (χ0n) is 10.5. The van der Waals surface area contributed by atoms with Crippen molar-refractivity contribution in [1.29, 1.82) is 0 Å². The Labute approximate surface area is 111 Å². The lowest BCUT2D eigenvalue weighted by Crippen LogP contribution is -2.12. The van der Waals surface area contributed by atoms with E-state index in [4.69, 9.17) is 0 Å². The van der Waals surface area contributed by atoms with Gasteiger partial charge in [-0.05, 0) is 42.5 Å². The Morgan fingerprint density at radius 1 is 1.26 bits per heavy atom. The minimum absolute atomic E-state index is 0.0252. The monoisotopic (exact) mass is 254 g/mol. The molecule has 2 aliphatic heterocycles. The maximum atomic E-state index is 12.0. The van der Waals surface area contributed by atoms with Crippen LogP contribution in [0.3, 0.4) is 0 Å². The topological polar surface area (TPSA) is 49.4 Å². The predicted molar refractivity (Wildman–Crippen MR) is 71.7 cm³/mol. The maximum Gasteiger partial charge on any atom is 0.237 e. The highest BCUT2D eigenvalue weighted by Gasteiger charge is 2.18. The van der Waals surface area contributed by atoms with Gasteiger partial charge in [-0.25, -0.2) is 0 Å². The summed E-state index contributed by atoms with van der Waals surface area (Å²) in [5.41, 5.74) is 2.23. The highest BCUT2D eigenvalue weighted by molar-refractivity contribution is 6.10. The van der Waals surface area contributed by atoms with Gasteiger partial charge in [0.15, 0.2) is 0 Å². The summed E-state index contributed by atoms with van der Waals surface area (Å²) in [5, 5.41) is 2.75. The van der Waals surface area contributed by atoms with Crippen molar-refractivity contribution in [3.8, 4) is 12.0 Å². The van der Waals surface area contributed by atoms with Crippen molar-refractivity contribution in [1.82, 2.24) is 4.90 Å². The summed E-state index contributed by atoms with van der Waals surface area (Å²) >= 11 is 0. The molecule has 2 aliphatic rings. The summed E-state index contributed by atoms with van der Waals surface area (Å²) in [6, 6.07) is 8.15. The summed E-state index contributed by atoms with van der Waals surface area (Å²) in [5.74, 6) is 2.46. The molecule has 0 saturated carbocycles. The average molecular weight is 254 g/mol. The Kier molecular flexibility index (Phi) is 2.96. The number of benzene rings is 1. The number of nitrogens with zero attached hydrogens (tertiary/aromatic N) is 1. The van der Waals surface area contributed by atoms with Gasteiger partial charge < -0.3 is 10.2 Å². The van der Waals surface area contributed by atoms with Crippen LogP contribution in [0.1, 0.15) is 28.8 Å². The molecule has 0 aliphatic carbocycles. The fraction of sp³-hybridized carbons (Fsp3) is 0.333. The van der Waals surface area contributed by atoms with Crippen LogP contribution in [-0.2, 0) is 11.2 Å². The van der Waals surface area contributed by atoms with Crippen LogP contribution in [0.4, 0.5) is 5.69 Å². The normalized spacial score (nSPS) is 16.6. The lowest BCUT2D eigenvalue weighted by molar-refractivity contribution is -0.115. The van der Waals surface area contributed by atoms with E-state index in [1.807, 2.05) is 4.90 Å². The molecule has 1 aromatic carbocycles. The summed E-state index contributed by atoms with van der Waals surface area (Å²) in [6.45, 7) is 1.89. The quantitative estimate of drug-likeness (QED) is 0.609. The van der Waals surface area contributed by atoms with Gasteiger partial charge in [0.25, 0.3) is 0 Å². The molecule has 3 rings (SSSR count). The van der Waals surface area contributed by atoms with E-state index in [1.165, 1.54) is 0 Å². The highest BCUT2D eigenvalue weighted by Crippen LogP contribution is 2.23. The number of nitrogens with one attached hydrogen (secondary N) is 1. The Balaban J connectivity index is 1.77. The van der Waals surface area contributed by atoms with Crippen LogP contribution in [0.25, 0.3) is 0 Å². The van der Waals surface area contributed by atoms with Crippen molar-refractivity contribution in [2.75, 3.05) is 18.4 Å². The van der Waals surface area contributed by atoms with Crippen LogP contribution >= 0.6 is 0 Å². The van der Waals surface area contributed by atoms with Crippen LogP contribution in [0.15, 0.2) is 18.2 Å². The molecule has 1 saturated heterocycles. The zero-order valence-corrected chi connectivity index (χ0v) is 10.5. The maximum absolute atomic E-state index is 12.0. The van der Waals surface area contributed by atoms with Crippen LogP contribution in [0, 0.1) is 12.0 Å². The second kappa shape index (κ2) is 4.77. The molecule has 1 amide bonds. The number of carbonyl (C=O) groups excluding carboxylic acids is 2. The van der Waals surface area contributed by atoms with E-state index < -0.39 is 0 Å². The van der Waals surface area contributed by atoms with E-state index in [0.717, 1.165) is 37.2 Å². The van der Waals surface area contributed by atoms with Crippen molar-refractivity contribution < 1.29 is 9.59 Å². The fourth-order valence-electron chi connectivity index (χ4n) is 2.40. The number of ketones is 1. The standard InChI is InChI=1S/C15H14N2O2/c18-14(5-8-17-6-1-2-7-17)11-3-4-13-12(9-11)10-15(19)16-13/h3-4,9H,1-2,6-7,10H2,(H,16,19). The van der Waals surface area contributed by atoms with Crippen molar-refractivity contribution in [2.45, 2.75) is 19.3 Å². The molecule has 1 aromatic rings. The van der Waals surface area contributed by atoms with E-state index >= 15 is 0 Å². The predicted octanol–water partition coefficient (Wildman–Crippen LogP) is 1.42. The molecule has 0 aromatic heterocycles. The van der Waals surface area contributed by atoms with E-state index in [0.29, 0.717) is 12.0 Å². The summed E-state index contributed by atoms with van der Waals surface area (Å²) in [7, 11) is 0. The van der Waals surface area contributed by atoms with E-state index in [1.54, 1.807) is 18.2 Å². The molecular weight excluding hydrogens is 240 g/mol. The largest absolute Gasteiger partial charge is 0.332 e. The number of fused-ring (bicyclic) bond motifs is 1. The number of likely N-dealkylation sites (tertiary alicyclic amines) is 1. The summed E-state index contributed by atoms with van der Waals surface area (Å²) < 4.78 is 0. The molecule has 4 heteroatoms. The molecule has 0 unspecified atom stereocenters. The molecular formula is C15H14N2O2. The lowest BCUT2D eigenvalue weighted by Gasteiger charge is -2.05. The van der Waals surface area contributed by atoms with Gasteiger partial charge in [-0.1, -0.05) is 0 Å². The van der Waals surface area contributed by atoms with Crippen molar-refractivity contribution in [3.63, 3.8) is 0 Å². The number of rotatable bonds is 1. The molecule has 0 spiro atoms. The van der Waals surface area contributed by atoms with Gasteiger partial charge in [0, 0.05) is 30.4 Å². The highest BCUT2D eigenvalue weighted by atomic mass is 16.1. The minimum atomic E-state index is -0.186. The number of hydrogen-bond acceptors (Lipinski definition) is 3. The van der Waals surface area contributed by atoms with Gasteiger partial charge in [0.1, 0.15) is 0 Å². The fourth-order valence-corrected chi connectivity index (χ4v) is 2.40. The van der Waals surface area contributed by atoms with Crippen LogP contribution in [-0.4, -0.2) is 29.7 Å². The van der Waals surface area contributed by atoms with Crippen LogP contribution < -0.4 is 5.32 Å². The van der Waals surface area contributed by atoms with Gasteiger partial charge in [-0.2, -0.15) is 0 Å². The number of amides is 1. The van der Waals surface area contributed by atoms with Gasteiger partial charge in [-0.3, -0.25) is 9.59 Å². The smallest absolute Gasteiger partial charge is 0.237 e. The third-order valence-corrected chi connectivity index (χ3v) is 3.43. The molecule has 0 atom stereocenters. The molecule has 1 N–H and O–H groups in total. The molecule has 19 heavy (non-hydrogen) atoms. The number of Topliss-reactive ketones (excluding diaryl/α,β-unsaturated/α-hetero) is 1. The second-order valence-corrected chi connectivity index (χ2v) is 4.86. The number of anilines is 1. The summed E-state index contributed by atoms with van der Waals surface area (Å²) in [4.78, 5) is 25.2. The first-order valence-electron chi connectivity index (χ1n) is 6.46. The third kappa shape index (κ3) is 2.45. The van der Waals surface area contributed by atoms with Crippen molar-refractivity contribution in [2.24, 2.45) is 0 Å². The minimum Gasteiger partial charge on any atom is -0.332 e. The van der Waals surface area contributed by atoms with Gasteiger partial charge in [-0.15, -0.1) is 0 Å². The number of hydrogen-bond donors (Lipinski definition) is 1. The Bertz CT molecular complexity index is 604. The van der Waals surface area contributed by atoms with Gasteiger partial charge >= 0.3 is 0 Å². The van der Waals surface area contributed by atoms with E-state index in [9.17, 15) is 9.59 Å². The first kappa shape index (κ1) is 11.8. The van der Waals surface area contributed by atoms with E-state index in [2.05, 4.69) is 17.3 Å². The molecule has 1 fully saturated rings. The number of carbonyl (C=O) groups is 2. The molecule has 2 heterocycles. The lowest BCUT2D eigenvalue weighted by atomic mass is 10.1. The molecule has 0 radical (unpaired) electrons. The van der Waals surface area contributed by atoms with Crippen LogP contribution in [0.2, 0.25) is 0 Å². The van der Waals surface area contributed by atoms with E-state index in [-0.39, 0.29) is 11.7 Å². The van der Waals surface area contributed by atoms with Gasteiger partial charge in [0.2, 0.25) is 11.7 Å². The first-order valence-corrected chi connectivity index (χ1v) is 6.46. The average Bonchev–Trinajstić information content (AvgIpc) is 3.02. The zero-order chi connectivity index (χ0) is 13.2. The molecule has 4 nitrogen and oxygen atoms in total. The van der Waals surface area contributed by atoms with Crippen molar-refractivity contribution >= 4 is 17.4 Å². The van der Waals surface area contributed by atoms with Gasteiger partial charge in [0.05, 0.1) is 6.42 Å². The third-order valence-electron chi connectivity index (χ3n) is 3.43. The Hall–Kier alpha value is -2.28. The SMILES string of the molecule is O=C1Cc2cc(C(=O)C#CN3CCCC3)ccc2N1. The summed E-state index contributed by atoms with van der Waals surface area (Å²) in [6.07, 6.45) is 2.64. The molecule has 96 valence electrons. The molecule has 0 bridgehead atoms. The Morgan fingerprint density at radius 2 is 2.05 bits per heavy atom. The Morgan fingerprint density at radius 3 is 2.84 bits per heavy atom. The second-order valence-electron chi connectivity index (χ2n) is 4.86. The first-order chi connectivity index (χ1) is 9.22. The van der Waals surface area contributed by atoms with Crippen molar-refractivity contribution in [3.05, 3.63) is 29.3 Å².